The Morgan fingerprint density at radius 2 is 1.68 bits per heavy atom. The molecule has 2 aromatic carbocycles. The molecule has 25 heavy (non-hydrogen) atoms. The lowest BCUT2D eigenvalue weighted by atomic mass is 9.97. The maximum absolute atomic E-state index is 4.70. The van der Waals surface area contributed by atoms with Crippen molar-refractivity contribution in [1.82, 2.24) is 15.0 Å². The maximum atomic E-state index is 4.70. The Morgan fingerprint density at radius 3 is 2.40 bits per heavy atom. The first-order valence-corrected chi connectivity index (χ1v) is 9.01. The summed E-state index contributed by atoms with van der Waals surface area (Å²) in [7, 11) is 0. The van der Waals surface area contributed by atoms with Gasteiger partial charge in [-0.15, -0.1) is 0 Å². The average molecular weight is 345 g/mol. The zero-order valence-corrected chi connectivity index (χ0v) is 14.7. The van der Waals surface area contributed by atoms with Crippen LogP contribution in [0.15, 0.2) is 73.1 Å². The van der Waals surface area contributed by atoms with Crippen molar-refractivity contribution in [3.63, 3.8) is 0 Å². The van der Waals surface area contributed by atoms with E-state index in [2.05, 4.69) is 71.1 Å². The van der Waals surface area contributed by atoms with Gasteiger partial charge in [0.25, 0.3) is 0 Å². The minimum atomic E-state index is 0.248. The Morgan fingerprint density at radius 1 is 0.920 bits per heavy atom. The second-order valence-electron chi connectivity index (χ2n) is 6.16. The van der Waals surface area contributed by atoms with Crippen molar-refractivity contribution in [2.24, 2.45) is 0 Å². The lowest BCUT2D eigenvalue weighted by molar-refractivity contribution is 0.725. The number of H-pyrrole nitrogens is 1. The van der Waals surface area contributed by atoms with E-state index < -0.39 is 0 Å². The molecule has 4 rings (SSSR count). The molecular weight excluding hydrogens is 326 g/mol. The van der Waals surface area contributed by atoms with Crippen molar-refractivity contribution in [3.05, 3.63) is 84.4 Å². The minimum Gasteiger partial charge on any atom is -0.340 e. The molecule has 3 nitrogen and oxygen atoms in total. The van der Waals surface area contributed by atoms with E-state index in [1.165, 1.54) is 16.7 Å². The molecule has 0 fully saturated rings. The van der Waals surface area contributed by atoms with Gasteiger partial charge >= 0.3 is 0 Å². The predicted octanol–water partition coefficient (Wildman–Crippen LogP) is 4.88. The number of aromatic nitrogens is 3. The highest BCUT2D eigenvalue weighted by molar-refractivity contribution is 7.80. The van der Waals surface area contributed by atoms with Gasteiger partial charge in [-0.1, -0.05) is 54.6 Å². The number of benzene rings is 2. The summed E-state index contributed by atoms with van der Waals surface area (Å²) in [6.45, 7) is 0. The Kier molecular flexibility index (Phi) is 4.53. The van der Waals surface area contributed by atoms with Crippen LogP contribution < -0.4 is 0 Å². The normalized spacial score (nSPS) is 12.4. The number of fused-ring (bicyclic) bond motifs is 1. The molecule has 0 amide bonds. The summed E-state index contributed by atoms with van der Waals surface area (Å²) in [5.41, 5.74) is 5.70. The van der Waals surface area contributed by atoms with Gasteiger partial charge in [-0.05, 0) is 29.2 Å². The van der Waals surface area contributed by atoms with Crippen molar-refractivity contribution in [2.75, 3.05) is 5.75 Å². The van der Waals surface area contributed by atoms with Crippen molar-refractivity contribution < 1.29 is 0 Å². The lowest BCUT2D eigenvalue weighted by Crippen LogP contribution is -2.06. The third kappa shape index (κ3) is 3.44. The smallest absolute Gasteiger partial charge is 0.111 e. The number of thiol groups is 1. The summed E-state index contributed by atoms with van der Waals surface area (Å²) < 4.78 is 0. The van der Waals surface area contributed by atoms with Crippen LogP contribution in [0.1, 0.15) is 17.3 Å². The van der Waals surface area contributed by atoms with Crippen LogP contribution in [0, 0.1) is 0 Å². The Hall–Kier alpha value is -2.59. The first-order valence-electron chi connectivity index (χ1n) is 8.38. The monoisotopic (exact) mass is 345 g/mol. The topological polar surface area (TPSA) is 41.6 Å². The third-order valence-electron chi connectivity index (χ3n) is 4.45. The van der Waals surface area contributed by atoms with E-state index >= 15 is 0 Å². The second-order valence-corrected chi connectivity index (χ2v) is 6.53. The molecule has 0 aliphatic heterocycles. The van der Waals surface area contributed by atoms with Crippen LogP contribution in [0.2, 0.25) is 0 Å². The summed E-state index contributed by atoms with van der Waals surface area (Å²) in [6.07, 6.45) is 4.49. The number of nitrogens with one attached hydrogen (secondary N) is 1. The molecule has 1 N–H and O–H groups in total. The molecular formula is C21H19N3S. The maximum Gasteiger partial charge on any atom is 0.111 e. The molecule has 0 saturated carbocycles. The van der Waals surface area contributed by atoms with Crippen molar-refractivity contribution in [1.29, 1.82) is 0 Å². The number of hydrogen-bond acceptors (Lipinski definition) is 3. The molecule has 124 valence electrons. The first kappa shape index (κ1) is 15.9. The third-order valence-corrected chi connectivity index (χ3v) is 4.89. The van der Waals surface area contributed by atoms with Crippen molar-refractivity contribution >= 4 is 23.7 Å². The number of hydrogen-bond donors (Lipinski definition) is 2. The van der Waals surface area contributed by atoms with Gasteiger partial charge in [-0.2, -0.15) is 12.6 Å². The quantitative estimate of drug-likeness (QED) is 0.506. The minimum absolute atomic E-state index is 0.248. The summed E-state index contributed by atoms with van der Waals surface area (Å²) >= 11 is 4.54. The van der Waals surface area contributed by atoms with Crippen LogP contribution >= 0.6 is 12.6 Å². The molecule has 4 heteroatoms. The summed E-state index contributed by atoms with van der Waals surface area (Å²) in [4.78, 5) is 12.2. The Bertz CT molecular complexity index is 928. The molecule has 4 aromatic rings. The number of imidazole rings is 1. The molecule has 2 aromatic heterocycles. The molecule has 2 heterocycles. The van der Waals surface area contributed by atoms with E-state index in [1.54, 1.807) is 6.20 Å². The standard InChI is InChI=1S/C21H19N3S/c25-14-18(21-23-19-10-11-22-13-20(19)24-21)12-15-6-8-17(9-7-15)16-4-2-1-3-5-16/h1-11,13,18,25H,12,14H2,(H,23,24)/t18-/m1/s1. The van der Waals surface area contributed by atoms with Crippen LogP contribution in [0.25, 0.3) is 22.2 Å². The van der Waals surface area contributed by atoms with Crippen LogP contribution in [-0.2, 0) is 6.42 Å². The zero-order chi connectivity index (χ0) is 17.1. The zero-order valence-electron chi connectivity index (χ0n) is 13.8. The van der Waals surface area contributed by atoms with Crippen LogP contribution in [0.5, 0.6) is 0 Å². The number of rotatable bonds is 5. The van der Waals surface area contributed by atoms with Gasteiger partial charge in [0, 0.05) is 17.9 Å². The van der Waals surface area contributed by atoms with E-state index in [0.717, 1.165) is 29.0 Å². The molecule has 0 bridgehead atoms. The van der Waals surface area contributed by atoms with E-state index in [4.69, 9.17) is 4.98 Å². The number of pyridine rings is 1. The fourth-order valence-electron chi connectivity index (χ4n) is 3.07. The van der Waals surface area contributed by atoms with Crippen molar-refractivity contribution in [3.8, 4) is 11.1 Å². The van der Waals surface area contributed by atoms with Gasteiger partial charge in [0.05, 0.1) is 17.2 Å². The summed E-state index contributed by atoms with van der Waals surface area (Å²) in [6, 6.07) is 21.1. The molecule has 0 unspecified atom stereocenters. The molecule has 0 aliphatic carbocycles. The average Bonchev–Trinajstić information content (AvgIpc) is 3.11. The van der Waals surface area contributed by atoms with Crippen LogP contribution in [0.4, 0.5) is 0 Å². The van der Waals surface area contributed by atoms with Crippen LogP contribution in [-0.4, -0.2) is 20.7 Å². The summed E-state index contributed by atoms with van der Waals surface area (Å²) in [5.74, 6) is 1.97. The highest BCUT2D eigenvalue weighted by Crippen LogP contribution is 2.25. The first-order chi connectivity index (χ1) is 12.3. The number of nitrogens with zero attached hydrogens (tertiary/aromatic N) is 2. The molecule has 1 atom stereocenters. The molecule has 0 radical (unpaired) electrons. The van der Waals surface area contributed by atoms with Gasteiger partial charge in [0.2, 0.25) is 0 Å². The van der Waals surface area contributed by atoms with Gasteiger partial charge in [-0.3, -0.25) is 4.98 Å². The molecule has 0 aliphatic rings. The lowest BCUT2D eigenvalue weighted by Gasteiger charge is -2.12. The molecule has 0 saturated heterocycles. The number of aromatic amines is 1. The van der Waals surface area contributed by atoms with Gasteiger partial charge in [0.1, 0.15) is 5.82 Å². The van der Waals surface area contributed by atoms with E-state index in [9.17, 15) is 0 Å². The van der Waals surface area contributed by atoms with E-state index in [-0.39, 0.29) is 5.92 Å². The Balaban J connectivity index is 1.55. The fraction of sp³-hybridized carbons (Fsp3) is 0.143. The Labute approximate surface area is 152 Å². The largest absolute Gasteiger partial charge is 0.340 e. The predicted molar refractivity (Wildman–Crippen MR) is 106 cm³/mol. The van der Waals surface area contributed by atoms with Gasteiger partial charge in [0.15, 0.2) is 0 Å². The highest BCUT2D eigenvalue weighted by Gasteiger charge is 2.15. The van der Waals surface area contributed by atoms with E-state index in [1.807, 2.05) is 18.3 Å². The summed E-state index contributed by atoms with van der Waals surface area (Å²) in [5, 5.41) is 0. The van der Waals surface area contributed by atoms with Gasteiger partial charge < -0.3 is 4.98 Å². The second kappa shape index (κ2) is 7.11. The van der Waals surface area contributed by atoms with Crippen molar-refractivity contribution in [2.45, 2.75) is 12.3 Å². The van der Waals surface area contributed by atoms with Crippen LogP contribution in [0.3, 0.4) is 0 Å². The fourth-order valence-corrected chi connectivity index (χ4v) is 3.37. The SMILES string of the molecule is SC[C@@H](Cc1ccc(-c2ccccc2)cc1)c1nc2ccncc2[nH]1. The van der Waals surface area contributed by atoms with E-state index in [0.29, 0.717) is 0 Å². The highest BCUT2D eigenvalue weighted by atomic mass is 32.1. The van der Waals surface area contributed by atoms with Gasteiger partial charge in [-0.25, -0.2) is 4.98 Å². The molecule has 0 spiro atoms.